The normalized spacial score (nSPS) is 18.5. The predicted molar refractivity (Wildman–Crippen MR) is 140 cm³/mol. The van der Waals surface area contributed by atoms with Crippen LogP contribution in [0.4, 0.5) is 5.13 Å². The van der Waals surface area contributed by atoms with Gasteiger partial charge in [0.25, 0.3) is 11.8 Å². The molecule has 9 heteroatoms. The minimum Gasteiger partial charge on any atom is -0.333 e. The zero-order chi connectivity index (χ0) is 24.5. The first-order chi connectivity index (χ1) is 16.9. The van der Waals surface area contributed by atoms with Gasteiger partial charge in [-0.2, -0.15) is 10.1 Å². The molecule has 0 saturated carbocycles. The summed E-state index contributed by atoms with van der Waals surface area (Å²) in [7, 11) is 0. The Hall–Kier alpha value is -3.04. The van der Waals surface area contributed by atoms with Crippen LogP contribution < -0.4 is 5.32 Å². The van der Waals surface area contributed by atoms with Gasteiger partial charge in [0.2, 0.25) is 0 Å². The number of allylic oxidation sites excluding steroid dienone is 1. The summed E-state index contributed by atoms with van der Waals surface area (Å²) in [6.45, 7) is 11.8. The highest BCUT2D eigenvalue weighted by Gasteiger charge is 2.34. The van der Waals surface area contributed by atoms with Gasteiger partial charge in [0.1, 0.15) is 4.70 Å². The molecule has 1 aromatic carbocycles. The van der Waals surface area contributed by atoms with Crippen molar-refractivity contribution in [1.82, 2.24) is 24.6 Å². The lowest BCUT2D eigenvalue weighted by molar-refractivity contribution is 0.0704. The average molecular weight is 493 g/mol. The molecule has 2 amide bonds. The van der Waals surface area contributed by atoms with E-state index in [1.165, 1.54) is 29.7 Å². The Morgan fingerprint density at radius 2 is 1.89 bits per heavy atom. The molecule has 2 saturated heterocycles. The fraction of sp³-hybridized carbons (Fsp3) is 0.462. The average Bonchev–Trinajstić information content (AvgIpc) is 3.64. The van der Waals surface area contributed by atoms with Crippen LogP contribution in [0.5, 0.6) is 0 Å². The number of hydrogen-bond acceptors (Lipinski definition) is 6. The van der Waals surface area contributed by atoms with Crippen LogP contribution in [0.1, 0.15) is 65.9 Å². The Morgan fingerprint density at radius 3 is 2.57 bits per heavy atom. The maximum atomic E-state index is 13.7. The second kappa shape index (κ2) is 9.91. The van der Waals surface area contributed by atoms with Gasteiger partial charge in [-0.3, -0.25) is 14.9 Å². The third kappa shape index (κ3) is 4.75. The number of fused-ring (bicyclic) bond motifs is 1. The summed E-state index contributed by atoms with van der Waals surface area (Å²) < 4.78 is 2.29. The van der Waals surface area contributed by atoms with Crippen molar-refractivity contribution in [2.24, 2.45) is 0 Å². The topological polar surface area (TPSA) is 83.4 Å². The molecule has 2 fully saturated rings. The Morgan fingerprint density at radius 1 is 1.14 bits per heavy atom. The van der Waals surface area contributed by atoms with E-state index in [2.05, 4.69) is 33.8 Å². The highest BCUT2D eigenvalue weighted by Crippen LogP contribution is 2.33. The van der Waals surface area contributed by atoms with Crippen molar-refractivity contribution in [2.75, 3.05) is 31.5 Å². The van der Waals surface area contributed by atoms with E-state index in [0.717, 1.165) is 45.4 Å². The van der Waals surface area contributed by atoms with Crippen molar-refractivity contribution < 1.29 is 9.59 Å². The van der Waals surface area contributed by atoms with Crippen molar-refractivity contribution in [3.8, 4) is 0 Å². The summed E-state index contributed by atoms with van der Waals surface area (Å²) in [6.07, 6.45) is 5.43. The van der Waals surface area contributed by atoms with Crippen LogP contribution in [-0.2, 0) is 6.42 Å². The summed E-state index contributed by atoms with van der Waals surface area (Å²) in [6, 6.07) is 7.76. The van der Waals surface area contributed by atoms with E-state index in [-0.39, 0.29) is 17.9 Å². The summed E-state index contributed by atoms with van der Waals surface area (Å²) in [5.74, 6) is -0.287. The molecule has 0 unspecified atom stereocenters. The van der Waals surface area contributed by atoms with Crippen molar-refractivity contribution in [1.29, 1.82) is 0 Å². The number of rotatable bonds is 7. The molecule has 0 bridgehead atoms. The Bertz CT molecular complexity index is 1250. The standard InChI is InChI=1S/C26H32N6O2S/c1-4-18-9-11-19(12-10-18)24(33)28-26-27-23-22(35-26)21(29-32(23)17(2)3)25(34)31-15-7-8-20(31)16-30-13-5-6-14-30/h9-12,20H,2,4-8,13-16H2,1,3H3,(H,27,28,33)/t20-/m0/s1. The number of hydrogen-bond donors (Lipinski definition) is 1. The molecule has 2 aromatic heterocycles. The highest BCUT2D eigenvalue weighted by molar-refractivity contribution is 7.22. The van der Waals surface area contributed by atoms with E-state index < -0.39 is 0 Å². The van der Waals surface area contributed by atoms with Crippen LogP contribution >= 0.6 is 11.3 Å². The van der Waals surface area contributed by atoms with E-state index in [0.29, 0.717) is 32.4 Å². The number of nitrogens with one attached hydrogen (secondary N) is 1. The minimum absolute atomic E-state index is 0.0617. The first-order valence-electron chi connectivity index (χ1n) is 12.4. The third-order valence-electron chi connectivity index (χ3n) is 6.94. The van der Waals surface area contributed by atoms with Crippen molar-refractivity contribution in [3.05, 3.63) is 47.7 Å². The number of carbonyl (C=O) groups is 2. The summed E-state index contributed by atoms with van der Waals surface area (Å²) in [4.78, 5) is 35.5. The van der Waals surface area contributed by atoms with Crippen molar-refractivity contribution >= 4 is 44.3 Å². The Balaban J connectivity index is 1.40. The lowest BCUT2D eigenvalue weighted by Crippen LogP contribution is -2.42. The van der Waals surface area contributed by atoms with E-state index in [4.69, 9.17) is 0 Å². The smallest absolute Gasteiger partial charge is 0.276 e. The molecule has 2 aliphatic rings. The maximum absolute atomic E-state index is 13.7. The highest BCUT2D eigenvalue weighted by atomic mass is 32.1. The zero-order valence-corrected chi connectivity index (χ0v) is 21.2. The van der Waals surface area contributed by atoms with Crippen LogP contribution in [-0.4, -0.2) is 68.6 Å². The molecule has 0 radical (unpaired) electrons. The molecular formula is C26H32N6O2S. The largest absolute Gasteiger partial charge is 0.333 e. The number of aromatic nitrogens is 3. The predicted octanol–water partition coefficient (Wildman–Crippen LogP) is 4.50. The number of carbonyl (C=O) groups excluding carboxylic acids is 2. The van der Waals surface area contributed by atoms with Gasteiger partial charge >= 0.3 is 0 Å². The second-order valence-electron chi connectivity index (χ2n) is 9.47. The van der Waals surface area contributed by atoms with Gasteiger partial charge in [-0.15, -0.1) is 0 Å². The first-order valence-corrected chi connectivity index (χ1v) is 13.2. The SMILES string of the molecule is C=C(C)n1nc(C(=O)N2CCC[C@H]2CN2CCCC2)c2sc(NC(=O)c3ccc(CC)cc3)nc21. The fourth-order valence-corrected chi connectivity index (χ4v) is 5.93. The third-order valence-corrected chi connectivity index (χ3v) is 7.91. The molecular weight excluding hydrogens is 460 g/mol. The molecule has 0 spiro atoms. The van der Waals surface area contributed by atoms with E-state index in [1.54, 1.807) is 4.68 Å². The maximum Gasteiger partial charge on any atom is 0.276 e. The van der Waals surface area contributed by atoms with Crippen LogP contribution in [0.15, 0.2) is 30.8 Å². The molecule has 35 heavy (non-hydrogen) atoms. The van der Waals surface area contributed by atoms with E-state index in [1.807, 2.05) is 36.1 Å². The molecule has 0 aliphatic carbocycles. The molecule has 1 atom stereocenters. The summed E-state index contributed by atoms with van der Waals surface area (Å²) >= 11 is 1.29. The number of amides is 2. The van der Waals surface area contributed by atoms with Gasteiger partial charge in [-0.25, -0.2) is 4.68 Å². The first kappa shape index (κ1) is 23.7. The lowest BCUT2D eigenvalue weighted by atomic mass is 10.1. The number of aryl methyl sites for hydroxylation is 1. The van der Waals surface area contributed by atoms with Crippen molar-refractivity contribution in [3.63, 3.8) is 0 Å². The monoisotopic (exact) mass is 492 g/mol. The van der Waals surface area contributed by atoms with Crippen LogP contribution in [0.25, 0.3) is 16.0 Å². The second-order valence-corrected chi connectivity index (χ2v) is 10.5. The molecule has 3 aromatic rings. The van der Waals surface area contributed by atoms with Gasteiger partial charge in [0.15, 0.2) is 16.5 Å². The number of thiazole rings is 1. The van der Waals surface area contributed by atoms with Crippen LogP contribution in [0.3, 0.4) is 0 Å². The van der Waals surface area contributed by atoms with Gasteiger partial charge in [-0.1, -0.05) is 37.0 Å². The van der Waals surface area contributed by atoms with Crippen LogP contribution in [0.2, 0.25) is 0 Å². The zero-order valence-electron chi connectivity index (χ0n) is 20.4. The molecule has 4 heterocycles. The van der Waals surface area contributed by atoms with Gasteiger partial charge < -0.3 is 9.80 Å². The van der Waals surface area contributed by atoms with Gasteiger partial charge in [-0.05, 0) is 69.8 Å². The molecule has 5 rings (SSSR count). The Kier molecular flexibility index (Phi) is 6.71. The summed E-state index contributed by atoms with van der Waals surface area (Å²) in [5, 5.41) is 7.95. The summed E-state index contributed by atoms with van der Waals surface area (Å²) in [5.41, 5.74) is 3.36. The lowest BCUT2D eigenvalue weighted by Gasteiger charge is -2.28. The van der Waals surface area contributed by atoms with Crippen LogP contribution in [0, 0.1) is 0 Å². The minimum atomic E-state index is -0.225. The van der Waals surface area contributed by atoms with Crippen molar-refractivity contribution in [2.45, 2.75) is 52.0 Å². The quantitative estimate of drug-likeness (QED) is 0.525. The molecule has 1 N–H and O–H groups in total. The molecule has 2 aliphatic heterocycles. The Labute approximate surface area is 209 Å². The number of nitrogens with zero attached hydrogens (tertiary/aromatic N) is 5. The number of benzene rings is 1. The van der Waals surface area contributed by atoms with Gasteiger partial charge in [0.05, 0.1) is 0 Å². The molecule has 184 valence electrons. The van der Waals surface area contributed by atoms with E-state index in [9.17, 15) is 9.59 Å². The van der Waals surface area contributed by atoms with E-state index >= 15 is 0 Å². The number of likely N-dealkylation sites (tertiary alicyclic amines) is 2. The molecule has 8 nitrogen and oxygen atoms in total. The fourth-order valence-electron chi connectivity index (χ4n) is 5.02. The van der Waals surface area contributed by atoms with Gasteiger partial charge in [0, 0.05) is 30.4 Å². The number of anilines is 1.